The maximum atomic E-state index is 6.31. The molecule has 0 spiro atoms. The number of benzene rings is 2. The van der Waals surface area contributed by atoms with E-state index in [1.165, 1.54) is 20.5 Å². The smallest absolute Gasteiger partial charge is 0.0814 e. The number of ether oxygens (including phenoxy) is 1. The average Bonchev–Trinajstić information content (AvgIpc) is 3.04. The molecule has 0 radical (unpaired) electrons. The number of piperidine rings is 1. The van der Waals surface area contributed by atoms with E-state index in [0.717, 1.165) is 24.5 Å². The third-order valence-electron chi connectivity index (χ3n) is 4.64. The number of thiophene rings is 1. The zero-order valence-electron chi connectivity index (χ0n) is 13.4. The van der Waals surface area contributed by atoms with Gasteiger partial charge in [-0.1, -0.05) is 41.9 Å². The van der Waals surface area contributed by atoms with Crippen LogP contribution in [0.3, 0.4) is 0 Å². The minimum Gasteiger partial charge on any atom is -0.371 e. The van der Waals surface area contributed by atoms with Gasteiger partial charge in [-0.2, -0.15) is 0 Å². The molecule has 2 nitrogen and oxygen atoms in total. The van der Waals surface area contributed by atoms with Gasteiger partial charge >= 0.3 is 0 Å². The van der Waals surface area contributed by atoms with E-state index >= 15 is 0 Å². The van der Waals surface area contributed by atoms with Crippen molar-refractivity contribution in [2.45, 2.75) is 25.0 Å². The number of nitrogens with one attached hydrogen (secondary N) is 1. The highest BCUT2D eigenvalue weighted by molar-refractivity contribution is 7.19. The Bertz CT molecular complexity index is 781. The van der Waals surface area contributed by atoms with Crippen molar-refractivity contribution in [1.82, 2.24) is 5.32 Å². The first kappa shape index (κ1) is 16.1. The number of fused-ring (bicyclic) bond motifs is 1. The first-order valence-electron chi connectivity index (χ1n) is 8.35. The molecule has 0 bridgehead atoms. The summed E-state index contributed by atoms with van der Waals surface area (Å²) in [7, 11) is 0. The first-order chi connectivity index (χ1) is 11.8. The van der Waals surface area contributed by atoms with E-state index in [-0.39, 0.29) is 6.10 Å². The van der Waals surface area contributed by atoms with E-state index in [2.05, 4.69) is 47.8 Å². The molecule has 1 aliphatic rings. The zero-order valence-corrected chi connectivity index (χ0v) is 14.9. The molecular weight excluding hydrogens is 338 g/mol. The van der Waals surface area contributed by atoms with Gasteiger partial charge in [-0.3, -0.25) is 0 Å². The second-order valence-electron chi connectivity index (χ2n) is 6.25. The molecule has 4 heteroatoms. The summed E-state index contributed by atoms with van der Waals surface area (Å²) >= 11 is 7.85. The minimum atomic E-state index is 0.199. The van der Waals surface area contributed by atoms with Crippen molar-refractivity contribution in [2.75, 3.05) is 13.1 Å². The summed E-state index contributed by atoms with van der Waals surface area (Å²) < 4.78 is 7.64. The van der Waals surface area contributed by atoms with Gasteiger partial charge in [0.1, 0.15) is 0 Å². The van der Waals surface area contributed by atoms with Crippen LogP contribution in [0.2, 0.25) is 5.02 Å². The van der Waals surface area contributed by atoms with Crippen LogP contribution in [0.25, 0.3) is 10.1 Å². The van der Waals surface area contributed by atoms with Crippen LogP contribution in [0.4, 0.5) is 0 Å². The van der Waals surface area contributed by atoms with Crippen LogP contribution in [-0.4, -0.2) is 19.2 Å². The fraction of sp³-hybridized carbons (Fsp3) is 0.300. The van der Waals surface area contributed by atoms with Crippen LogP contribution < -0.4 is 5.32 Å². The summed E-state index contributed by atoms with van der Waals surface area (Å²) in [5.74, 6) is 0.429. The Morgan fingerprint density at radius 1 is 1.12 bits per heavy atom. The van der Waals surface area contributed by atoms with E-state index in [4.69, 9.17) is 16.3 Å². The van der Waals surface area contributed by atoms with Crippen molar-refractivity contribution in [3.05, 3.63) is 70.1 Å². The van der Waals surface area contributed by atoms with Gasteiger partial charge in [0.2, 0.25) is 0 Å². The Balaban J connectivity index is 1.47. The third kappa shape index (κ3) is 3.50. The summed E-state index contributed by atoms with van der Waals surface area (Å²) in [6.45, 7) is 2.62. The van der Waals surface area contributed by atoms with E-state index in [0.29, 0.717) is 12.5 Å². The molecule has 3 aromatic rings. The number of rotatable bonds is 4. The van der Waals surface area contributed by atoms with Crippen LogP contribution in [0.15, 0.2) is 54.6 Å². The Labute approximate surface area is 151 Å². The molecule has 4 rings (SSSR count). The van der Waals surface area contributed by atoms with E-state index in [9.17, 15) is 0 Å². The summed E-state index contributed by atoms with van der Waals surface area (Å²) in [4.78, 5) is 1.29. The lowest BCUT2D eigenvalue weighted by Gasteiger charge is -2.32. The Hall–Kier alpha value is -1.39. The lowest BCUT2D eigenvalue weighted by atomic mass is 9.88. The molecule has 124 valence electrons. The molecule has 1 N–H and O–H groups in total. The summed E-state index contributed by atoms with van der Waals surface area (Å²) in [6, 6.07) is 19.0. The van der Waals surface area contributed by atoms with E-state index in [1.54, 1.807) is 0 Å². The highest BCUT2D eigenvalue weighted by Gasteiger charge is 2.27. The lowest BCUT2D eigenvalue weighted by molar-refractivity contribution is 0.0119. The maximum absolute atomic E-state index is 6.31. The molecule has 24 heavy (non-hydrogen) atoms. The van der Waals surface area contributed by atoms with Crippen LogP contribution in [-0.2, 0) is 11.3 Å². The van der Waals surface area contributed by atoms with Crippen LogP contribution >= 0.6 is 22.9 Å². The Morgan fingerprint density at radius 2 is 1.96 bits per heavy atom. The average molecular weight is 358 g/mol. The zero-order chi connectivity index (χ0) is 16.4. The molecule has 0 unspecified atom stereocenters. The van der Waals surface area contributed by atoms with Gasteiger partial charge in [0.15, 0.2) is 0 Å². The minimum absolute atomic E-state index is 0.199. The second kappa shape index (κ2) is 7.24. The molecule has 1 saturated heterocycles. The van der Waals surface area contributed by atoms with Gasteiger partial charge in [-0.15, -0.1) is 11.3 Å². The summed E-state index contributed by atoms with van der Waals surface area (Å²) in [5.41, 5.74) is 1.32. The van der Waals surface area contributed by atoms with Gasteiger partial charge in [-0.05, 0) is 48.2 Å². The van der Waals surface area contributed by atoms with E-state index < -0.39 is 0 Å². The second-order valence-corrected chi connectivity index (χ2v) is 7.86. The number of halogens is 1. The molecule has 1 aliphatic heterocycles. The topological polar surface area (TPSA) is 21.3 Å². The van der Waals surface area contributed by atoms with Crippen molar-refractivity contribution in [2.24, 2.45) is 0 Å². The Kier molecular flexibility index (Phi) is 4.86. The molecule has 2 heterocycles. The number of hydrogen-bond acceptors (Lipinski definition) is 3. The van der Waals surface area contributed by atoms with Crippen LogP contribution in [0, 0.1) is 0 Å². The largest absolute Gasteiger partial charge is 0.371 e. The molecule has 0 aliphatic carbocycles. The van der Waals surface area contributed by atoms with Crippen molar-refractivity contribution >= 4 is 33.0 Å². The highest BCUT2D eigenvalue weighted by Crippen LogP contribution is 2.31. The molecule has 2 atom stereocenters. The Morgan fingerprint density at radius 3 is 2.79 bits per heavy atom. The van der Waals surface area contributed by atoms with Gasteiger partial charge in [0.05, 0.1) is 12.7 Å². The van der Waals surface area contributed by atoms with Crippen LogP contribution in [0.1, 0.15) is 22.8 Å². The molecular formula is C20H20ClNOS. The lowest BCUT2D eigenvalue weighted by Crippen LogP contribution is -2.40. The van der Waals surface area contributed by atoms with Gasteiger partial charge < -0.3 is 10.1 Å². The molecule has 1 fully saturated rings. The molecule has 0 saturated carbocycles. The predicted molar refractivity (Wildman–Crippen MR) is 102 cm³/mol. The van der Waals surface area contributed by atoms with Crippen molar-refractivity contribution in [1.29, 1.82) is 0 Å². The fourth-order valence-electron chi connectivity index (χ4n) is 3.39. The van der Waals surface area contributed by atoms with Gasteiger partial charge in [-0.25, -0.2) is 0 Å². The standard InChI is InChI=1S/C20H20ClNOS/c21-16-7-5-14(6-8-16)18-9-10-22-12-19(18)23-13-17-11-15-3-1-2-4-20(15)24-17/h1-8,11,18-19,22H,9-10,12-13H2/t18-,19+/m1/s1. The predicted octanol–water partition coefficient (Wildman–Crippen LogP) is 5.22. The molecule has 1 aromatic heterocycles. The monoisotopic (exact) mass is 357 g/mol. The highest BCUT2D eigenvalue weighted by atomic mass is 35.5. The third-order valence-corrected chi connectivity index (χ3v) is 5.98. The SMILES string of the molecule is Clc1ccc([C@H]2CCNC[C@@H]2OCc2cc3ccccc3s2)cc1. The van der Waals surface area contributed by atoms with Crippen LogP contribution in [0.5, 0.6) is 0 Å². The molecule has 0 amide bonds. The van der Waals surface area contributed by atoms with Crippen molar-refractivity contribution in [3.63, 3.8) is 0 Å². The van der Waals surface area contributed by atoms with Crippen molar-refractivity contribution in [3.8, 4) is 0 Å². The summed E-state index contributed by atoms with van der Waals surface area (Å²) in [5, 5.41) is 5.55. The fourth-order valence-corrected chi connectivity index (χ4v) is 4.51. The quantitative estimate of drug-likeness (QED) is 0.691. The number of hydrogen-bond donors (Lipinski definition) is 1. The van der Waals surface area contributed by atoms with Gasteiger partial charge in [0, 0.05) is 27.1 Å². The van der Waals surface area contributed by atoms with Crippen molar-refractivity contribution < 1.29 is 4.74 Å². The maximum Gasteiger partial charge on any atom is 0.0814 e. The summed E-state index contributed by atoms with van der Waals surface area (Å²) in [6.07, 6.45) is 1.30. The molecule has 2 aromatic carbocycles. The first-order valence-corrected chi connectivity index (χ1v) is 9.54. The van der Waals surface area contributed by atoms with E-state index in [1.807, 2.05) is 23.5 Å². The normalized spacial score (nSPS) is 21.2. The van der Waals surface area contributed by atoms with Gasteiger partial charge in [0.25, 0.3) is 0 Å².